The van der Waals surface area contributed by atoms with Gasteiger partial charge in [0.05, 0.1) is 10.7 Å². The van der Waals surface area contributed by atoms with E-state index < -0.39 is 6.04 Å². The third-order valence-corrected chi connectivity index (χ3v) is 4.36. The van der Waals surface area contributed by atoms with Gasteiger partial charge in [-0.15, -0.1) is 0 Å². The zero-order chi connectivity index (χ0) is 15.6. The van der Waals surface area contributed by atoms with Crippen LogP contribution in [-0.4, -0.2) is 24.4 Å². The van der Waals surface area contributed by atoms with E-state index in [4.69, 9.17) is 23.2 Å². The van der Waals surface area contributed by atoms with Crippen molar-refractivity contribution in [3.63, 3.8) is 0 Å². The minimum absolute atomic E-state index is 0.0631. The van der Waals surface area contributed by atoms with Gasteiger partial charge in [-0.1, -0.05) is 43.5 Å². The van der Waals surface area contributed by atoms with Crippen molar-refractivity contribution >= 4 is 40.7 Å². The molecule has 1 heterocycles. The molecule has 1 aliphatic rings. The molecular weight excluding hydrogens is 311 g/mol. The van der Waals surface area contributed by atoms with Crippen LogP contribution < -0.4 is 10.2 Å². The van der Waals surface area contributed by atoms with Crippen LogP contribution in [0.25, 0.3) is 0 Å². The average Bonchev–Trinajstić information content (AvgIpc) is 2.59. The first kappa shape index (κ1) is 16.1. The van der Waals surface area contributed by atoms with Gasteiger partial charge in [0, 0.05) is 18.0 Å². The van der Waals surface area contributed by atoms with Crippen molar-refractivity contribution in [1.29, 1.82) is 0 Å². The van der Waals surface area contributed by atoms with Crippen molar-refractivity contribution in [3.8, 4) is 0 Å². The minimum atomic E-state index is -0.517. The maximum absolute atomic E-state index is 12.7. The molecule has 6 heteroatoms. The second-order valence-corrected chi connectivity index (χ2v) is 6.11. The number of hydrogen-bond acceptors (Lipinski definition) is 2. The minimum Gasteiger partial charge on any atom is -0.344 e. The molecule has 1 N–H and O–H groups in total. The number of amides is 2. The summed E-state index contributed by atoms with van der Waals surface area (Å²) in [7, 11) is 0. The van der Waals surface area contributed by atoms with Crippen molar-refractivity contribution in [2.75, 3.05) is 11.4 Å². The summed E-state index contributed by atoms with van der Waals surface area (Å²) in [6.07, 6.45) is 1.07. The summed E-state index contributed by atoms with van der Waals surface area (Å²) >= 11 is 12.1. The molecule has 2 atom stereocenters. The Bertz CT molecular complexity index is 563. The van der Waals surface area contributed by atoms with Crippen LogP contribution in [0.3, 0.4) is 0 Å². The monoisotopic (exact) mass is 328 g/mol. The SMILES string of the molecule is CCC(C)C1NC(=O)CCN(c2ccc(Cl)cc2Cl)C1=O. The summed E-state index contributed by atoms with van der Waals surface area (Å²) in [5, 5.41) is 3.73. The first-order valence-corrected chi connectivity index (χ1v) is 7.75. The highest BCUT2D eigenvalue weighted by atomic mass is 35.5. The second kappa shape index (κ2) is 6.67. The van der Waals surface area contributed by atoms with Gasteiger partial charge in [-0.3, -0.25) is 9.59 Å². The van der Waals surface area contributed by atoms with E-state index >= 15 is 0 Å². The van der Waals surface area contributed by atoms with E-state index in [9.17, 15) is 9.59 Å². The Morgan fingerprint density at radius 3 is 2.71 bits per heavy atom. The highest BCUT2D eigenvalue weighted by Crippen LogP contribution is 2.30. The fraction of sp³-hybridized carbons (Fsp3) is 0.467. The molecule has 0 saturated carbocycles. The Hall–Kier alpha value is -1.26. The van der Waals surface area contributed by atoms with E-state index in [2.05, 4.69) is 5.32 Å². The molecule has 21 heavy (non-hydrogen) atoms. The molecule has 2 amide bonds. The number of carbonyl (C=O) groups is 2. The molecule has 0 radical (unpaired) electrons. The molecular formula is C15H18Cl2N2O2. The Balaban J connectivity index is 2.37. The van der Waals surface area contributed by atoms with Crippen LogP contribution in [0, 0.1) is 5.92 Å². The predicted molar refractivity (Wildman–Crippen MR) is 84.8 cm³/mol. The van der Waals surface area contributed by atoms with Crippen LogP contribution in [0.5, 0.6) is 0 Å². The van der Waals surface area contributed by atoms with Gasteiger partial charge in [-0.25, -0.2) is 0 Å². The fourth-order valence-corrected chi connectivity index (χ4v) is 2.87. The number of anilines is 1. The van der Waals surface area contributed by atoms with Crippen LogP contribution >= 0.6 is 23.2 Å². The summed E-state index contributed by atoms with van der Waals surface area (Å²) in [6, 6.07) is 4.49. The topological polar surface area (TPSA) is 49.4 Å². The van der Waals surface area contributed by atoms with Crippen LogP contribution in [0.4, 0.5) is 5.69 Å². The van der Waals surface area contributed by atoms with Gasteiger partial charge in [0.2, 0.25) is 11.8 Å². The number of hydrogen-bond donors (Lipinski definition) is 1. The summed E-state index contributed by atoms with van der Waals surface area (Å²) in [5.41, 5.74) is 0.593. The molecule has 1 aromatic carbocycles. The zero-order valence-corrected chi connectivity index (χ0v) is 13.5. The van der Waals surface area contributed by atoms with Gasteiger partial charge in [0.15, 0.2) is 0 Å². The summed E-state index contributed by atoms with van der Waals surface area (Å²) in [5.74, 6) is -0.172. The molecule has 4 nitrogen and oxygen atoms in total. The Kier molecular flexibility index (Phi) is 5.12. The fourth-order valence-electron chi connectivity index (χ4n) is 2.36. The van der Waals surface area contributed by atoms with E-state index in [0.717, 1.165) is 6.42 Å². The molecule has 2 rings (SSSR count). The number of nitrogens with one attached hydrogen (secondary N) is 1. The smallest absolute Gasteiger partial charge is 0.249 e. The van der Waals surface area contributed by atoms with Crippen molar-refractivity contribution in [1.82, 2.24) is 5.32 Å². The van der Waals surface area contributed by atoms with Gasteiger partial charge < -0.3 is 10.2 Å². The maximum atomic E-state index is 12.7. The van der Waals surface area contributed by atoms with Gasteiger partial charge in [0.25, 0.3) is 0 Å². The molecule has 0 spiro atoms. The number of benzene rings is 1. The first-order chi connectivity index (χ1) is 9.93. The van der Waals surface area contributed by atoms with Gasteiger partial charge in [-0.05, 0) is 24.1 Å². The van der Waals surface area contributed by atoms with Crippen molar-refractivity contribution in [2.45, 2.75) is 32.7 Å². The largest absolute Gasteiger partial charge is 0.344 e. The number of rotatable bonds is 3. The van der Waals surface area contributed by atoms with E-state index in [-0.39, 0.29) is 24.2 Å². The van der Waals surface area contributed by atoms with Crippen molar-refractivity contribution in [2.24, 2.45) is 5.92 Å². The Labute approximate surface area is 134 Å². The normalized spacial score (nSPS) is 21.0. The molecule has 0 aromatic heterocycles. The quantitative estimate of drug-likeness (QED) is 0.925. The van der Waals surface area contributed by atoms with E-state index in [0.29, 0.717) is 22.3 Å². The molecule has 0 bridgehead atoms. The lowest BCUT2D eigenvalue weighted by Gasteiger charge is -2.27. The zero-order valence-electron chi connectivity index (χ0n) is 12.0. The van der Waals surface area contributed by atoms with Crippen molar-refractivity contribution in [3.05, 3.63) is 28.2 Å². The van der Waals surface area contributed by atoms with E-state index in [1.54, 1.807) is 23.1 Å². The number of carbonyl (C=O) groups excluding carboxylic acids is 2. The highest BCUT2D eigenvalue weighted by Gasteiger charge is 2.34. The molecule has 1 fully saturated rings. The van der Waals surface area contributed by atoms with Crippen LogP contribution in [0.1, 0.15) is 26.7 Å². The average molecular weight is 329 g/mol. The summed E-state index contributed by atoms with van der Waals surface area (Å²) in [4.78, 5) is 26.2. The lowest BCUT2D eigenvalue weighted by Crippen LogP contribution is -2.48. The summed E-state index contributed by atoms with van der Waals surface area (Å²) in [6.45, 7) is 4.27. The summed E-state index contributed by atoms with van der Waals surface area (Å²) < 4.78 is 0. The molecule has 1 aromatic rings. The maximum Gasteiger partial charge on any atom is 0.249 e. The Morgan fingerprint density at radius 2 is 2.10 bits per heavy atom. The number of halogens is 2. The molecule has 1 aliphatic heterocycles. The third kappa shape index (κ3) is 3.50. The standard InChI is InChI=1S/C15H18Cl2N2O2/c1-3-9(2)14-15(21)19(7-6-13(20)18-14)12-5-4-10(16)8-11(12)17/h4-5,8-9,14H,3,6-7H2,1-2H3,(H,18,20). The highest BCUT2D eigenvalue weighted by molar-refractivity contribution is 6.36. The lowest BCUT2D eigenvalue weighted by atomic mass is 9.98. The first-order valence-electron chi connectivity index (χ1n) is 6.99. The Morgan fingerprint density at radius 1 is 1.38 bits per heavy atom. The second-order valence-electron chi connectivity index (χ2n) is 5.27. The van der Waals surface area contributed by atoms with Crippen LogP contribution in [0.15, 0.2) is 18.2 Å². The predicted octanol–water partition coefficient (Wildman–Crippen LogP) is 3.26. The van der Waals surface area contributed by atoms with E-state index in [1.807, 2.05) is 13.8 Å². The van der Waals surface area contributed by atoms with Gasteiger partial charge >= 0.3 is 0 Å². The van der Waals surface area contributed by atoms with Crippen molar-refractivity contribution < 1.29 is 9.59 Å². The number of nitrogens with zero attached hydrogens (tertiary/aromatic N) is 1. The van der Waals surface area contributed by atoms with Gasteiger partial charge in [0.1, 0.15) is 6.04 Å². The van der Waals surface area contributed by atoms with Gasteiger partial charge in [-0.2, -0.15) is 0 Å². The molecule has 1 saturated heterocycles. The van der Waals surface area contributed by atoms with Crippen LogP contribution in [0.2, 0.25) is 10.0 Å². The molecule has 0 aliphatic carbocycles. The molecule has 114 valence electrons. The van der Waals surface area contributed by atoms with Crippen LogP contribution in [-0.2, 0) is 9.59 Å². The lowest BCUT2D eigenvalue weighted by molar-refractivity contribution is -0.126. The molecule has 2 unspecified atom stereocenters. The third-order valence-electron chi connectivity index (χ3n) is 3.82. The van der Waals surface area contributed by atoms with E-state index in [1.165, 1.54) is 0 Å².